The molecule has 0 aliphatic heterocycles. The van der Waals surface area contributed by atoms with Crippen molar-refractivity contribution in [3.63, 3.8) is 0 Å². The van der Waals surface area contributed by atoms with Gasteiger partial charge in [-0.15, -0.1) is 0 Å². The Labute approximate surface area is 169 Å². The highest BCUT2D eigenvalue weighted by Crippen LogP contribution is 2.31. The second-order valence-corrected chi connectivity index (χ2v) is 7.04. The molecule has 0 spiro atoms. The molecule has 0 amide bonds. The lowest BCUT2D eigenvalue weighted by Crippen LogP contribution is -2.30. The molecule has 0 bridgehead atoms. The van der Waals surface area contributed by atoms with Gasteiger partial charge in [-0.05, 0) is 50.4 Å². The maximum absolute atomic E-state index is 14.5. The number of nitrogens with two attached hydrogens (primary N) is 3. The van der Waals surface area contributed by atoms with Crippen LogP contribution in [-0.2, 0) is 0 Å². The van der Waals surface area contributed by atoms with Gasteiger partial charge in [0.15, 0.2) is 0 Å². The van der Waals surface area contributed by atoms with E-state index < -0.39 is 5.82 Å². The third-order valence-corrected chi connectivity index (χ3v) is 4.04. The molecule has 0 aliphatic rings. The van der Waals surface area contributed by atoms with Gasteiger partial charge in [-0.3, -0.25) is 0 Å². The number of rotatable bonds is 9. The largest absolute Gasteiger partial charge is 0.405 e. The molecule has 8 heteroatoms. The molecule has 0 heterocycles. The number of amidine groups is 1. The molecule has 8 N–H and O–H groups in total. The van der Waals surface area contributed by atoms with Crippen LogP contribution in [0, 0.1) is 5.82 Å². The molecule has 1 aromatic rings. The maximum atomic E-state index is 14.5. The van der Waals surface area contributed by atoms with Crippen LogP contribution in [0.5, 0.6) is 0 Å². The lowest BCUT2D eigenvalue weighted by atomic mass is 10.3. The van der Waals surface area contributed by atoms with Gasteiger partial charge in [-0.1, -0.05) is 31.0 Å². The van der Waals surface area contributed by atoms with Crippen molar-refractivity contribution in [1.29, 1.82) is 0 Å². The fraction of sp³-hybridized carbons (Fsp3) is 0.150. The molecule has 0 radical (unpaired) electrons. The quantitative estimate of drug-likeness (QED) is 0.187. The van der Waals surface area contributed by atoms with Crippen LogP contribution in [0.15, 0.2) is 88.3 Å². The minimum atomic E-state index is -0.396. The molecule has 0 saturated carbocycles. The Balaban J connectivity index is 2.98. The zero-order chi connectivity index (χ0) is 21.1. The second kappa shape index (κ2) is 11.6. The van der Waals surface area contributed by atoms with Crippen LogP contribution < -0.4 is 27.8 Å². The van der Waals surface area contributed by atoms with Crippen molar-refractivity contribution in [3.8, 4) is 0 Å². The van der Waals surface area contributed by atoms with Crippen molar-refractivity contribution < 1.29 is 4.39 Å². The summed E-state index contributed by atoms with van der Waals surface area (Å²) in [6.45, 7) is 11.1. The van der Waals surface area contributed by atoms with Crippen molar-refractivity contribution >= 4 is 23.3 Å². The summed E-state index contributed by atoms with van der Waals surface area (Å²) in [5.41, 5.74) is 17.4. The standard InChI is InChI=1S/C20H27FN6S/c1-5-6-16(9-10-22)28-18-8-7-15(11-17(18)21)27-19(24)12-20(25-13(2)3)26-14(4)23/h5-13,27H,1,4,22-24H2,2-3H3,(H,25,26)/b10-9-,16-6+,19-12+. The average Bonchev–Trinajstić information content (AvgIpc) is 2.56. The molecule has 0 atom stereocenters. The van der Waals surface area contributed by atoms with E-state index in [1.165, 1.54) is 24.0 Å². The van der Waals surface area contributed by atoms with Crippen molar-refractivity contribution in [1.82, 2.24) is 5.32 Å². The van der Waals surface area contributed by atoms with E-state index in [-0.39, 0.29) is 17.7 Å². The molecule has 6 nitrogen and oxygen atoms in total. The number of hydrogen-bond acceptors (Lipinski definition) is 6. The molecule has 1 aromatic carbocycles. The van der Waals surface area contributed by atoms with Gasteiger partial charge in [0.05, 0.1) is 0 Å². The second-order valence-electron chi connectivity index (χ2n) is 5.92. The van der Waals surface area contributed by atoms with Gasteiger partial charge in [-0.25, -0.2) is 9.38 Å². The number of nitrogens with zero attached hydrogens (tertiary/aromatic N) is 1. The first-order chi connectivity index (χ1) is 13.2. The number of aliphatic imine (C=N–C) groups is 1. The fourth-order valence-corrected chi connectivity index (χ4v) is 2.89. The van der Waals surface area contributed by atoms with Gasteiger partial charge in [0, 0.05) is 27.6 Å². The van der Waals surface area contributed by atoms with E-state index in [1.54, 1.807) is 36.4 Å². The monoisotopic (exact) mass is 402 g/mol. The number of thioether (sulfide) groups is 1. The summed E-state index contributed by atoms with van der Waals surface area (Å²) in [5.74, 6) is 0.474. The van der Waals surface area contributed by atoms with Crippen molar-refractivity contribution in [2.75, 3.05) is 5.32 Å². The van der Waals surface area contributed by atoms with Gasteiger partial charge in [0.25, 0.3) is 0 Å². The van der Waals surface area contributed by atoms with Crippen LogP contribution in [0.2, 0.25) is 0 Å². The zero-order valence-corrected chi connectivity index (χ0v) is 16.9. The van der Waals surface area contributed by atoms with Crippen LogP contribution in [0.3, 0.4) is 0 Å². The van der Waals surface area contributed by atoms with Gasteiger partial charge in [0.1, 0.15) is 23.3 Å². The highest BCUT2D eigenvalue weighted by atomic mass is 32.2. The SMILES string of the molecule is C=C/C=C(\C=C/N)Sc1ccc(N/C(N)=C/C(=N\C(=C)N)NC(C)C)cc1F. The number of halogens is 1. The van der Waals surface area contributed by atoms with Crippen LogP contribution in [0.4, 0.5) is 10.1 Å². The Morgan fingerprint density at radius 2 is 2.04 bits per heavy atom. The van der Waals surface area contributed by atoms with E-state index in [9.17, 15) is 4.39 Å². The van der Waals surface area contributed by atoms with E-state index in [0.717, 1.165) is 4.91 Å². The molecule has 0 aromatic heterocycles. The lowest BCUT2D eigenvalue weighted by Gasteiger charge is -2.12. The average molecular weight is 403 g/mol. The summed E-state index contributed by atoms with van der Waals surface area (Å²) in [6, 6.07) is 4.85. The first-order valence-corrected chi connectivity index (χ1v) is 9.29. The fourth-order valence-electron chi connectivity index (χ4n) is 2.03. The molecular weight excluding hydrogens is 375 g/mol. The number of allylic oxidation sites excluding steroid dienone is 3. The van der Waals surface area contributed by atoms with Crippen molar-refractivity contribution in [3.05, 3.63) is 84.2 Å². The maximum Gasteiger partial charge on any atom is 0.139 e. The van der Waals surface area contributed by atoms with Crippen LogP contribution >= 0.6 is 11.8 Å². The van der Waals surface area contributed by atoms with E-state index >= 15 is 0 Å². The normalized spacial score (nSPS) is 13.1. The minimum Gasteiger partial charge on any atom is -0.405 e. The molecule has 0 saturated heterocycles. The van der Waals surface area contributed by atoms with Crippen molar-refractivity contribution in [2.45, 2.75) is 24.8 Å². The first kappa shape index (κ1) is 22.9. The highest BCUT2D eigenvalue weighted by Gasteiger charge is 2.07. The Kier molecular flexibility index (Phi) is 9.45. The molecule has 150 valence electrons. The van der Waals surface area contributed by atoms with E-state index in [0.29, 0.717) is 16.4 Å². The Morgan fingerprint density at radius 1 is 1.32 bits per heavy atom. The Bertz CT molecular complexity index is 824. The molecule has 0 fully saturated rings. The molecule has 0 unspecified atom stereocenters. The number of anilines is 1. The summed E-state index contributed by atoms with van der Waals surface area (Å²) in [7, 11) is 0. The molecular formula is C20H27FN6S. The summed E-state index contributed by atoms with van der Waals surface area (Å²) in [6.07, 6.45) is 7.99. The van der Waals surface area contributed by atoms with Gasteiger partial charge < -0.3 is 27.8 Å². The highest BCUT2D eigenvalue weighted by molar-refractivity contribution is 8.03. The Hall–Kier alpha value is -3.13. The van der Waals surface area contributed by atoms with Crippen LogP contribution in [0.1, 0.15) is 13.8 Å². The number of nitrogens with one attached hydrogen (secondary N) is 2. The molecule has 0 aliphatic carbocycles. The summed E-state index contributed by atoms with van der Waals surface area (Å²) < 4.78 is 14.5. The third-order valence-electron chi connectivity index (χ3n) is 2.98. The predicted octanol–water partition coefficient (Wildman–Crippen LogP) is 3.50. The third kappa shape index (κ3) is 8.50. The predicted molar refractivity (Wildman–Crippen MR) is 119 cm³/mol. The topological polar surface area (TPSA) is 114 Å². The molecule has 1 rings (SSSR count). The van der Waals surface area contributed by atoms with Gasteiger partial charge in [0.2, 0.25) is 0 Å². The van der Waals surface area contributed by atoms with E-state index in [2.05, 4.69) is 28.8 Å². The lowest BCUT2D eigenvalue weighted by molar-refractivity contribution is 0.603. The zero-order valence-electron chi connectivity index (χ0n) is 16.1. The van der Waals surface area contributed by atoms with Crippen molar-refractivity contribution in [2.24, 2.45) is 22.2 Å². The first-order valence-electron chi connectivity index (χ1n) is 8.47. The summed E-state index contributed by atoms with van der Waals surface area (Å²) in [5, 5.41) is 6.02. The number of hydrogen-bond donors (Lipinski definition) is 5. The summed E-state index contributed by atoms with van der Waals surface area (Å²) >= 11 is 1.24. The minimum absolute atomic E-state index is 0.122. The van der Waals surface area contributed by atoms with E-state index in [4.69, 9.17) is 17.2 Å². The Morgan fingerprint density at radius 3 is 2.57 bits per heavy atom. The smallest absolute Gasteiger partial charge is 0.139 e. The van der Waals surface area contributed by atoms with Crippen LogP contribution in [0.25, 0.3) is 0 Å². The van der Waals surface area contributed by atoms with Gasteiger partial charge in [-0.2, -0.15) is 0 Å². The van der Waals surface area contributed by atoms with Gasteiger partial charge >= 0.3 is 0 Å². The molecule has 28 heavy (non-hydrogen) atoms. The van der Waals surface area contributed by atoms with Crippen LogP contribution in [-0.4, -0.2) is 11.9 Å². The van der Waals surface area contributed by atoms with E-state index in [1.807, 2.05) is 13.8 Å². The number of benzene rings is 1. The summed E-state index contributed by atoms with van der Waals surface area (Å²) in [4.78, 5) is 5.29.